The lowest BCUT2D eigenvalue weighted by Crippen LogP contribution is -2.53. The van der Waals surface area contributed by atoms with E-state index in [0.717, 1.165) is 29.6 Å². The maximum absolute atomic E-state index is 2.58. The summed E-state index contributed by atoms with van der Waals surface area (Å²) >= 11 is 0. The van der Waals surface area contributed by atoms with Gasteiger partial charge in [-0.25, -0.2) is 0 Å². The molecule has 0 heteroatoms. The Morgan fingerprint density at radius 2 is 2.13 bits per heavy atom. The van der Waals surface area contributed by atoms with E-state index in [9.17, 15) is 0 Å². The van der Waals surface area contributed by atoms with Crippen LogP contribution >= 0.6 is 0 Å². The molecule has 3 aliphatic rings. The highest BCUT2D eigenvalue weighted by molar-refractivity contribution is 5.27. The van der Waals surface area contributed by atoms with E-state index in [0.29, 0.717) is 5.41 Å². The van der Waals surface area contributed by atoms with E-state index in [2.05, 4.69) is 33.8 Å². The monoisotopic (exact) mass is 204 g/mol. The third kappa shape index (κ3) is 1.04. The topological polar surface area (TPSA) is 0 Å². The molecule has 0 aromatic carbocycles. The van der Waals surface area contributed by atoms with Crippen molar-refractivity contribution in [2.45, 2.75) is 47.0 Å². The summed E-state index contributed by atoms with van der Waals surface area (Å²) in [6.45, 7) is 9.81. The van der Waals surface area contributed by atoms with Gasteiger partial charge in [-0.05, 0) is 61.2 Å². The molecule has 2 saturated carbocycles. The second kappa shape index (κ2) is 2.90. The molecule has 2 fully saturated rings. The molecule has 84 valence electrons. The maximum Gasteiger partial charge on any atom is -0.0133 e. The van der Waals surface area contributed by atoms with Crippen LogP contribution in [0.3, 0.4) is 0 Å². The second-order valence-corrected chi connectivity index (χ2v) is 6.79. The zero-order valence-electron chi connectivity index (χ0n) is 10.6. The fourth-order valence-corrected chi connectivity index (χ4v) is 5.18. The third-order valence-electron chi connectivity index (χ3n) is 5.98. The molecule has 5 atom stereocenters. The number of fused-ring (bicyclic) bond motifs is 4. The van der Waals surface area contributed by atoms with E-state index in [1.165, 1.54) is 19.3 Å². The Kier molecular flexibility index (Phi) is 1.92. The molecule has 0 spiro atoms. The Bertz CT molecular complexity index is 312. The molecule has 0 radical (unpaired) electrons. The van der Waals surface area contributed by atoms with Gasteiger partial charge in [-0.15, -0.1) is 0 Å². The van der Waals surface area contributed by atoms with Gasteiger partial charge in [0.05, 0.1) is 0 Å². The van der Waals surface area contributed by atoms with Crippen molar-refractivity contribution in [1.29, 1.82) is 0 Å². The summed E-state index contributed by atoms with van der Waals surface area (Å²) < 4.78 is 0. The lowest BCUT2D eigenvalue weighted by atomic mass is 9.46. The minimum Gasteiger partial charge on any atom is -0.0850 e. The van der Waals surface area contributed by atoms with Crippen molar-refractivity contribution >= 4 is 0 Å². The molecule has 0 amide bonds. The SMILES string of the molecule is CC1=CC[C@H]2[C@@H]1[C@@H]1[C@@H](C(C)C)CC[C@@]12C. The van der Waals surface area contributed by atoms with Crippen molar-refractivity contribution in [2.24, 2.45) is 35.0 Å². The molecule has 0 N–H and O–H groups in total. The fourth-order valence-electron chi connectivity index (χ4n) is 5.18. The van der Waals surface area contributed by atoms with Crippen LogP contribution in [0.15, 0.2) is 11.6 Å². The molecular weight excluding hydrogens is 180 g/mol. The maximum atomic E-state index is 2.58. The predicted octanol–water partition coefficient (Wildman–Crippen LogP) is 4.27. The Hall–Kier alpha value is -0.260. The molecule has 0 heterocycles. The highest BCUT2D eigenvalue weighted by Crippen LogP contribution is 2.71. The molecule has 0 aliphatic heterocycles. The van der Waals surface area contributed by atoms with E-state index in [1.807, 2.05) is 0 Å². The summed E-state index contributed by atoms with van der Waals surface area (Å²) in [5.74, 6) is 4.93. The van der Waals surface area contributed by atoms with Crippen LogP contribution in [0.2, 0.25) is 0 Å². The summed E-state index contributed by atoms with van der Waals surface area (Å²) in [5, 5.41) is 0. The van der Waals surface area contributed by atoms with Gasteiger partial charge in [-0.2, -0.15) is 0 Å². The molecule has 0 bridgehead atoms. The van der Waals surface area contributed by atoms with Gasteiger partial charge in [0.15, 0.2) is 0 Å². The highest BCUT2D eigenvalue weighted by atomic mass is 14.7. The largest absolute Gasteiger partial charge is 0.0850 e. The first-order chi connectivity index (χ1) is 7.05. The van der Waals surface area contributed by atoms with Gasteiger partial charge >= 0.3 is 0 Å². The molecule has 3 aliphatic carbocycles. The predicted molar refractivity (Wildman–Crippen MR) is 64.5 cm³/mol. The molecule has 0 nitrogen and oxygen atoms in total. The first kappa shape index (κ1) is 9.93. The smallest absolute Gasteiger partial charge is 0.0133 e. The summed E-state index contributed by atoms with van der Waals surface area (Å²) in [7, 11) is 0. The molecule has 15 heavy (non-hydrogen) atoms. The van der Waals surface area contributed by atoms with Crippen molar-refractivity contribution in [2.75, 3.05) is 0 Å². The van der Waals surface area contributed by atoms with Crippen LogP contribution in [0.25, 0.3) is 0 Å². The second-order valence-electron chi connectivity index (χ2n) is 6.79. The Morgan fingerprint density at radius 3 is 2.80 bits per heavy atom. The fraction of sp³-hybridized carbons (Fsp3) is 0.867. The van der Waals surface area contributed by atoms with E-state index >= 15 is 0 Å². The minimum absolute atomic E-state index is 0.716. The van der Waals surface area contributed by atoms with E-state index < -0.39 is 0 Å². The molecule has 0 aromatic rings. The van der Waals surface area contributed by atoms with Gasteiger partial charge in [-0.3, -0.25) is 0 Å². The number of allylic oxidation sites excluding steroid dienone is 2. The molecule has 0 unspecified atom stereocenters. The van der Waals surface area contributed by atoms with E-state index in [1.54, 1.807) is 5.57 Å². The normalized spacial score (nSPS) is 52.5. The van der Waals surface area contributed by atoms with Crippen LogP contribution < -0.4 is 0 Å². The summed E-state index contributed by atoms with van der Waals surface area (Å²) in [5.41, 5.74) is 2.43. The summed E-state index contributed by atoms with van der Waals surface area (Å²) in [6.07, 6.45) is 6.91. The molecular formula is C15H24. The van der Waals surface area contributed by atoms with Crippen LogP contribution in [-0.2, 0) is 0 Å². The van der Waals surface area contributed by atoms with Crippen molar-refractivity contribution in [3.8, 4) is 0 Å². The van der Waals surface area contributed by atoms with Crippen LogP contribution in [-0.4, -0.2) is 0 Å². The third-order valence-corrected chi connectivity index (χ3v) is 5.98. The van der Waals surface area contributed by atoms with Crippen molar-refractivity contribution in [1.82, 2.24) is 0 Å². The van der Waals surface area contributed by atoms with Crippen molar-refractivity contribution < 1.29 is 0 Å². The summed E-state index contributed by atoms with van der Waals surface area (Å²) in [4.78, 5) is 0. The average molecular weight is 204 g/mol. The minimum atomic E-state index is 0.716. The number of hydrogen-bond acceptors (Lipinski definition) is 0. The van der Waals surface area contributed by atoms with Crippen LogP contribution in [0, 0.1) is 35.0 Å². The van der Waals surface area contributed by atoms with Gasteiger partial charge in [0.1, 0.15) is 0 Å². The molecule has 0 saturated heterocycles. The van der Waals surface area contributed by atoms with Crippen LogP contribution in [0.4, 0.5) is 0 Å². The zero-order valence-corrected chi connectivity index (χ0v) is 10.6. The zero-order chi connectivity index (χ0) is 10.8. The number of hydrogen-bond donors (Lipinski definition) is 0. The lowest BCUT2D eigenvalue weighted by Gasteiger charge is -2.57. The quantitative estimate of drug-likeness (QED) is 0.559. The van der Waals surface area contributed by atoms with Crippen LogP contribution in [0.5, 0.6) is 0 Å². The lowest BCUT2D eigenvalue weighted by molar-refractivity contribution is -0.0811. The first-order valence-corrected chi connectivity index (χ1v) is 6.72. The van der Waals surface area contributed by atoms with Gasteiger partial charge in [0, 0.05) is 0 Å². The van der Waals surface area contributed by atoms with E-state index in [-0.39, 0.29) is 0 Å². The van der Waals surface area contributed by atoms with Gasteiger partial charge < -0.3 is 0 Å². The molecule has 0 aromatic heterocycles. The van der Waals surface area contributed by atoms with Gasteiger partial charge in [0.25, 0.3) is 0 Å². The van der Waals surface area contributed by atoms with Gasteiger partial charge in [0.2, 0.25) is 0 Å². The van der Waals surface area contributed by atoms with Gasteiger partial charge in [-0.1, -0.05) is 32.4 Å². The molecule has 3 rings (SSSR count). The van der Waals surface area contributed by atoms with Crippen molar-refractivity contribution in [3.05, 3.63) is 11.6 Å². The number of rotatable bonds is 1. The first-order valence-electron chi connectivity index (χ1n) is 6.72. The van der Waals surface area contributed by atoms with E-state index in [4.69, 9.17) is 0 Å². The standard InChI is InChI=1S/C15H24/c1-9(2)11-7-8-15(4)12-6-5-10(3)13(12)14(11)15/h5,9,11-14H,6-8H2,1-4H3/t11-,12+,13-,14+,15-/m1/s1. The van der Waals surface area contributed by atoms with Crippen molar-refractivity contribution in [3.63, 3.8) is 0 Å². The Morgan fingerprint density at radius 1 is 1.40 bits per heavy atom. The highest BCUT2D eigenvalue weighted by Gasteiger charge is 2.65. The Labute approximate surface area is 94.1 Å². The summed E-state index contributed by atoms with van der Waals surface area (Å²) in [6, 6.07) is 0. The average Bonchev–Trinajstić information content (AvgIpc) is 2.62. The van der Waals surface area contributed by atoms with Crippen LogP contribution in [0.1, 0.15) is 47.0 Å². The Balaban J connectivity index is 1.91.